The molecule has 5 nitrogen and oxygen atoms in total. The highest BCUT2D eigenvalue weighted by atomic mass is 15.0. The van der Waals surface area contributed by atoms with Crippen LogP contribution in [-0.4, -0.2) is 26.2 Å². The molecule has 0 saturated heterocycles. The monoisotopic (exact) mass is 415 g/mol. The van der Waals surface area contributed by atoms with Crippen LogP contribution in [0.15, 0.2) is 96.4 Å². The molecule has 4 aromatic rings. The number of rotatable bonds is 4. The van der Waals surface area contributed by atoms with Crippen LogP contribution in [0.25, 0.3) is 39.5 Å². The molecule has 0 amide bonds. The van der Waals surface area contributed by atoms with E-state index in [1.165, 1.54) is 0 Å². The SMILES string of the molecule is Cc1nc(-c2ccc(C3=CCC=NC=C3)cc2)nc(-c2ccc(-c3ccncc3)cc2)n1. The van der Waals surface area contributed by atoms with Crippen LogP contribution in [0.1, 0.15) is 17.8 Å². The standard InChI is InChI=1S/C27H21N5/c1-19-30-26(24-8-4-21(5-9-24)20-3-2-15-28-16-12-20)32-27(31-19)25-10-6-22(7-11-25)23-13-17-29-18-14-23/h3-18H,2H2,1H3. The minimum atomic E-state index is 0.671. The van der Waals surface area contributed by atoms with Crippen LogP contribution in [0.2, 0.25) is 0 Å². The van der Waals surface area contributed by atoms with Crippen LogP contribution in [0, 0.1) is 6.92 Å². The van der Waals surface area contributed by atoms with E-state index >= 15 is 0 Å². The van der Waals surface area contributed by atoms with Crippen molar-refractivity contribution in [1.82, 2.24) is 19.9 Å². The summed E-state index contributed by atoms with van der Waals surface area (Å²) in [6.45, 7) is 1.90. The summed E-state index contributed by atoms with van der Waals surface area (Å²) in [5, 5.41) is 0. The van der Waals surface area contributed by atoms with Crippen molar-refractivity contribution in [2.24, 2.45) is 4.99 Å². The zero-order chi connectivity index (χ0) is 21.8. The van der Waals surface area contributed by atoms with Crippen molar-refractivity contribution in [2.75, 3.05) is 0 Å². The van der Waals surface area contributed by atoms with Crippen LogP contribution in [-0.2, 0) is 0 Å². The van der Waals surface area contributed by atoms with Gasteiger partial charge in [0.05, 0.1) is 0 Å². The summed E-state index contributed by atoms with van der Waals surface area (Å²) in [4.78, 5) is 22.2. The highest BCUT2D eigenvalue weighted by molar-refractivity contribution is 5.79. The number of aryl methyl sites for hydroxylation is 1. The fraction of sp³-hybridized carbons (Fsp3) is 0.0741. The van der Waals surface area contributed by atoms with E-state index in [1.54, 1.807) is 12.4 Å². The summed E-state index contributed by atoms with van der Waals surface area (Å²) in [6, 6.07) is 20.6. The minimum absolute atomic E-state index is 0.671. The fourth-order valence-corrected chi connectivity index (χ4v) is 3.61. The summed E-state index contributed by atoms with van der Waals surface area (Å²) in [5.41, 5.74) is 6.49. The molecule has 1 aliphatic heterocycles. The lowest BCUT2D eigenvalue weighted by atomic mass is 10.0. The van der Waals surface area contributed by atoms with E-state index in [0.717, 1.165) is 39.8 Å². The van der Waals surface area contributed by atoms with Gasteiger partial charge in [-0.25, -0.2) is 15.0 Å². The predicted octanol–water partition coefficient (Wildman–Crippen LogP) is 5.95. The van der Waals surface area contributed by atoms with Gasteiger partial charge in [0, 0.05) is 42.4 Å². The highest BCUT2D eigenvalue weighted by Crippen LogP contribution is 2.26. The molecule has 0 fully saturated rings. The Morgan fingerprint density at radius 3 is 1.84 bits per heavy atom. The average Bonchev–Trinajstić information content (AvgIpc) is 3.14. The molecule has 0 saturated carbocycles. The maximum Gasteiger partial charge on any atom is 0.163 e. The fourth-order valence-electron chi connectivity index (χ4n) is 3.61. The largest absolute Gasteiger partial charge is 0.269 e. The first-order valence-corrected chi connectivity index (χ1v) is 10.5. The summed E-state index contributed by atoms with van der Waals surface area (Å²) in [7, 11) is 0. The van der Waals surface area contributed by atoms with E-state index in [0.29, 0.717) is 17.5 Å². The van der Waals surface area contributed by atoms with Crippen molar-refractivity contribution in [1.29, 1.82) is 0 Å². The second-order valence-electron chi connectivity index (χ2n) is 7.46. The quantitative estimate of drug-likeness (QED) is 0.413. The van der Waals surface area contributed by atoms with Gasteiger partial charge in [0.15, 0.2) is 11.6 Å². The summed E-state index contributed by atoms with van der Waals surface area (Å²) < 4.78 is 0. The maximum atomic E-state index is 4.75. The molecule has 0 atom stereocenters. The molecule has 3 heterocycles. The van der Waals surface area contributed by atoms with E-state index in [4.69, 9.17) is 4.98 Å². The first-order valence-electron chi connectivity index (χ1n) is 10.5. The van der Waals surface area contributed by atoms with E-state index in [-0.39, 0.29) is 0 Å². The Kier molecular flexibility index (Phi) is 5.45. The Morgan fingerprint density at radius 2 is 1.19 bits per heavy atom. The third kappa shape index (κ3) is 4.27. The lowest BCUT2D eigenvalue weighted by molar-refractivity contribution is 0.992. The topological polar surface area (TPSA) is 63.9 Å². The van der Waals surface area contributed by atoms with Gasteiger partial charge in [-0.2, -0.15) is 0 Å². The molecule has 0 spiro atoms. The smallest absolute Gasteiger partial charge is 0.163 e. The van der Waals surface area contributed by atoms with Gasteiger partial charge in [-0.3, -0.25) is 9.98 Å². The second kappa shape index (κ2) is 8.86. The first kappa shape index (κ1) is 19.7. The molecule has 2 aromatic heterocycles. The van der Waals surface area contributed by atoms with E-state index in [1.807, 2.05) is 49.7 Å². The molecule has 0 radical (unpaired) electrons. The molecule has 2 aromatic carbocycles. The van der Waals surface area contributed by atoms with Crippen molar-refractivity contribution in [2.45, 2.75) is 13.3 Å². The average molecular weight is 416 g/mol. The van der Waals surface area contributed by atoms with Gasteiger partial charge < -0.3 is 0 Å². The van der Waals surface area contributed by atoms with Crippen molar-refractivity contribution < 1.29 is 0 Å². The zero-order valence-electron chi connectivity index (χ0n) is 17.7. The van der Waals surface area contributed by atoms with Gasteiger partial charge in [-0.1, -0.05) is 54.6 Å². The molecular formula is C27H21N5. The van der Waals surface area contributed by atoms with Gasteiger partial charge in [0.1, 0.15) is 5.82 Å². The Hall–Kier alpha value is -4.25. The molecule has 0 N–H and O–H groups in total. The molecule has 154 valence electrons. The Balaban J connectivity index is 1.43. The van der Waals surface area contributed by atoms with Crippen LogP contribution < -0.4 is 0 Å². The van der Waals surface area contributed by atoms with Gasteiger partial charge in [0.2, 0.25) is 0 Å². The van der Waals surface area contributed by atoms with Crippen molar-refractivity contribution in [3.8, 4) is 33.9 Å². The number of hydrogen-bond donors (Lipinski definition) is 0. The molecule has 0 unspecified atom stereocenters. The van der Waals surface area contributed by atoms with E-state index < -0.39 is 0 Å². The molecular weight excluding hydrogens is 394 g/mol. The number of pyridine rings is 1. The van der Waals surface area contributed by atoms with Gasteiger partial charge in [-0.15, -0.1) is 0 Å². The Labute approximate surface area is 187 Å². The number of aliphatic imine (C=N–C) groups is 1. The molecule has 5 heteroatoms. The van der Waals surface area contributed by atoms with Crippen LogP contribution in [0.4, 0.5) is 0 Å². The normalized spacial score (nSPS) is 13.0. The molecule has 5 rings (SSSR count). The summed E-state index contributed by atoms with van der Waals surface area (Å²) >= 11 is 0. The van der Waals surface area contributed by atoms with Crippen LogP contribution >= 0.6 is 0 Å². The van der Waals surface area contributed by atoms with Gasteiger partial charge in [0.25, 0.3) is 0 Å². The summed E-state index contributed by atoms with van der Waals surface area (Å²) in [6.07, 6.45) is 12.4. The van der Waals surface area contributed by atoms with Crippen LogP contribution in [0.3, 0.4) is 0 Å². The Bertz CT molecular complexity index is 1320. The number of benzene rings is 2. The highest BCUT2D eigenvalue weighted by Gasteiger charge is 2.10. The van der Waals surface area contributed by atoms with Crippen molar-refractivity contribution in [3.63, 3.8) is 0 Å². The molecule has 1 aliphatic rings. The number of hydrogen-bond acceptors (Lipinski definition) is 5. The lowest BCUT2D eigenvalue weighted by Gasteiger charge is -2.08. The number of nitrogens with zero attached hydrogens (tertiary/aromatic N) is 5. The molecule has 0 aliphatic carbocycles. The number of aromatic nitrogens is 4. The number of allylic oxidation sites excluding steroid dienone is 3. The first-order chi connectivity index (χ1) is 15.8. The van der Waals surface area contributed by atoms with Crippen molar-refractivity contribution >= 4 is 11.8 Å². The summed E-state index contributed by atoms with van der Waals surface area (Å²) in [5.74, 6) is 2.04. The third-order valence-corrected chi connectivity index (χ3v) is 5.27. The van der Waals surface area contributed by atoms with Crippen LogP contribution in [0.5, 0.6) is 0 Å². The molecule has 32 heavy (non-hydrogen) atoms. The predicted molar refractivity (Wildman–Crippen MR) is 129 cm³/mol. The third-order valence-electron chi connectivity index (χ3n) is 5.27. The van der Waals surface area contributed by atoms with E-state index in [9.17, 15) is 0 Å². The second-order valence-corrected chi connectivity index (χ2v) is 7.46. The lowest BCUT2D eigenvalue weighted by Crippen LogP contribution is -1.99. The minimum Gasteiger partial charge on any atom is -0.269 e. The maximum absolute atomic E-state index is 4.75. The zero-order valence-corrected chi connectivity index (χ0v) is 17.7. The van der Waals surface area contributed by atoms with Crippen molar-refractivity contribution in [3.05, 3.63) is 103 Å². The molecule has 0 bridgehead atoms. The Morgan fingerprint density at radius 1 is 0.625 bits per heavy atom. The van der Waals surface area contributed by atoms with E-state index in [2.05, 4.69) is 62.4 Å². The van der Waals surface area contributed by atoms with Gasteiger partial charge >= 0.3 is 0 Å². The van der Waals surface area contributed by atoms with Gasteiger partial charge in [-0.05, 0) is 47.4 Å².